The van der Waals surface area contributed by atoms with E-state index in [9.17, 15) is 10.2 Å². The number of aliphatic hydroxyl groups is 2. The summed E-state index contributed by atoms with van der Waals surface area (Å²) in [5, 5.41) is 21.6. The number of aliphatic hydroxyl groups excluding tert-OH is 2. The molecule has 3 nitrogen and oxygen atoms in total. The fourth-order valence-corrected chi connectivity index (χ4v) is 10.5. The average Bonchev–Trinajstić information content (AvgIpc) is 3.16. The summed E-state index contributed by atoms with van der Waals surface area (Å²) in [6.45, 7) is 5.19. The predicted octanol–water partition coefficient (Wildman–Crippen LogP) is 7.90. The van der Waals surface area contributed by atoms with Crippen molar-refractivity contribution in [2.45, 2.75) is 103 Å². The van der Waals surface area contributed by atoms with E-state index in [4.69, 9.17) is 4.18 Å². The predicted molar refractivity (Wildman–Crippen MR) is 148 cm³/mol. The number of fused-ring (bicyclic) bond motifs is 5. The minimum Gasteiger partial charge on any atom is -0.393 e. The van der Waals surface area contributed by atoms with E-state index in [1.54, 1.807) is 0 Å². The van der Waals surface area contributed by atoms with Crippen LogP contribution in [0.15, 0.2) is 30.3 Å². The Labute approximate surface area is 223 Å². The Bertz CT molecular complexity index is 823. The van der Waals surface area contributed by atoms with E-state index < -0.39 is 12.2 Å². The summed E-state index contributed by atoms with van der Waals surface area (Å²) in [4.78, 5) is 0. The summed E-state index contributed by atoms with van der Waals surface area (Å²) in [7, 11) is 1.52. The van der Waals surface area contributed by atoms with Crippen LogP contribution in [0.4, 0.5) is 0 Å². The number of halogens is 1. The number of benzene rings is 1. The van der Waals surface area contributed by atoms with Gasteiger partial charge in [0.1, 0.15) is 0 Å². The molecule has 4 saturated carbocycles. The van der Waals surface area contributed by atoms with Crippen LogP contribution in [0, 0.1) is 40.4 Å². The molecule has 0 radical (unpaired) electrons. The molecule has 4 aliphatic rings. The summed E-state index contributed by atoms with van der Waals surface area (Å²) in [6, 6.07) is 9.82. The molecule has 5 rings (SSSR count). The lowest BCUT2D eigenvalue weighted by Gasteiger charge is -2.61. The SMILES string of the molecule is CC12CCC3C(CCC4CC(OSI)CCC43C)C1CCC2CC(O)CC(O)c1ccccc1. The van der Waals surface area contributed by atoms with E-state index in [0.29, 0.717) is 29.3 Å². The van der Waals surface area contributed by atoms with Crippen molar-refractivity contribution in [1.29, 1.82) is 0 Å². The molecule has 5 heteroatoms. The summed E-state index contributed by atoms with van der Waals surface area (Å²) in [5.74, 6) is 3.99. The van der Waals surface area contributed by atoms with Crippen LogP contribution in [0.3, 0.4) is 0 Å². The van der Waals surface area contributed by atoms with Gasteiger partial charge in [0.2, 0.25) is 0 Å². The lowest BCUT2D eigenvalue weighted by molar-refractivity contribution is -0.124. The molecule has 10 atom stereocenters. The van der Waals surface area contributed by atoms with E-state index in [2.05, 4.69) is 35.1 Å². The van der Waals surface area contributed by atoms with E-state index in [1.807, 2.05) is 30.3 Å². The second kappa shape index (κ2) is 10.5. The average molecular weight is 599 g/mol. The van der Waals surface area contributed by atoms with Gasteiger partial charge in [-0.3, -0.25) is 0 Å². The summed E-state index contributed by atoms with van der Waals surface area (Å²) in [6.07, 6.45) is 12.7. The van der Waals surface area contributed by atoms with Gasteiger partial charge in [0, 0.05) is 27.6 Å². The Hall–Kier alpha value is 0.180. The zero-order valence-corrected chi connectivity index (χ0v) is 23.8. The highest BCUT2D eigenvalue weighted by atomic mass is 127. The van der Waals surface area contributed by atoms with Crippen molar-refractivity contribution in [1.82, 2.24) is 0 Å². The Morgan fingerprint density at radius 3 is 2.47 bits per heavy atom. The van der Waals surface area contributed by atoms with Gasteiger partial charge in [-0.1, -0.05) is 44.2 Å². The third-order valence-electron chi connectivity index (χ3n) is 11.2. The molecule has 0 spiro atoms. The van der Waals surface area contributed by atoms with Gasteiger partial charge in [0.25, 0.3) is 0 Å². The maximum absolute atomic E-state index is 11.0. The Morgan fingerprint density at radius 1 is 0.971 bits per heavy atom. The molecular formula is C29H43IO3S. The highest BCUT2D eigenvalue weighted by Crippen LogP contribution is 2.68. The van der Waals surface area contributed by atoms with Gasteiger partial charge in [-0.2, -0.15) is 0 Å². The van der Waals surface area contributed by atoms with Gasteiger partial charge in [-0.05, 0) is 110 Å². The zero-order chi connectivity index (χ0) is 23.9. The lowest BCUT2D eigenvalue weighted by atomic mass is 9.44. The molecule has 1 aromatic carbocycles. The van der Waals surface area contributed by atoms with Crippen molar-refractivity contribution in [2.24, 2.45) is 40.4 Å². The monoisotopic (exact) mass is 598 g/mol. The first-order valence-electron chi connectivity index (χ1n) is 13.7. The minimum atomic E-state index is -0.572. The van der Waals surface area contributed by atoms with Gasteiger partial charge in [-0.15, -0.1) is 0 Å². The van der Waals surface area contributed by atoms with E-state index in [0.717, 1.165) is 35.7 Å². The Morgan fingerprint density at radius 2 is 1.71 bits per heavy atom. The van der Waals surface area contributed by atoms with Crippen LogP contribution in [0.25, 0.3) is 0 Å². The third kappa shape index (κ3) is 4.75. The molecule has 0 amide bonds. The van der Waals surface area contributed by atoms with Crippen LogP contribution in [0.1, 0.15) is 96.1 Å². The van der Waals surface area contributed by atoms with E-state index in [-0.39, 0.29) is 0 Å². The number of hydrogen-bond acceptors (Lipinski definition) is 4. The molecule has 190 valence electrons. The molecule has 0 saturated heterocycles. The summed E-state index contributed by atoms with van der Waals surface area (Å²) >= 11 is 2.27. The Kier molecular flexibility index (Phi) is 7.98. The van der Waals surface area contributed by atoms with E-state index in [1.165, 1.54) is 67.0 Å². The molecule has 1 aromatic rings. The highest BCUT2D eigenvalue weighted by Gasteiger charge is 2.60. The van der Waals surface area contributed by atoms with Crippen LogP contribution < -0.4 is 0 Å². The molecule has 10 unspecified atom stereocenters. The number of hydrogen-bond donors (Lipinski definition) is 2. The Balaban J connectivity index is 1.23. The first-order valence-corrected chi connectivity index (χ1v) is 17.0. The largest absolute Gasteiger partial charge is 0.393 e. The highest BCUT2D eigenvalue weighted by molar-refractivity contribution is 14.2. The van der Waals surface area contributed by atoms with Crippen LogP contribution in [0.5, 0.6) is 0 Å². The summed E-state index contributed by atoms with van der Waals surface area (Å²) in [5.41, 5.74) is 1.78. The molecule has 0 aromatic heterocycles. The third-order valence-corrected chi connectivity index (χ3v) is 12.2. The molecule has 4 fully saturated rings. The van der Waals surface area contributed by atoms with Crippen molar-refractivity contribution < 1.29 is 14.4 Å². The second-order valence-electron chi connectivity index (χ2n) is 12.6. The molecule has 4 aliphatic carbocycles. The van der Waals surface area contributed by atoms with Gasteiger partial charge in [-0.25, -0.2) is 0 Å². The van der Waals surface area contributed by atoms with Crippen molar-refractivity contribution in [3.8, 4) is 0 Å². The maximum Gasteiger partial charge on any atom is 0.0814 e. The van der Waals surface area contributed by atoms with Crippen molar-refractivity contribution in [2.75, 3.05) is 0 Å². The van der Waals surface area contributed by atoms with Crippen molar-refractivity contribution in [3.05, 3.63) is 35.9 Å². The topological polar surface area (TPSA) is 49.7 Å². The fraction of sp³-hybridized carbons (Fsp3) is 0.793. The molecular weight excluding hydrogens is 555 g/mol. The van der Waals surface area contributed by atoms with Gasteiger partial charge in [0.15, 0.2) is 0 Å². The first-order chi connectivity index (χ1) is 16.3. The first kappa shape index (κ1) is 25.8. The van der Waals surface area contributed by atoms with Gasteiger partial charge < -0.3 is 14.4 Å². The molecule has 0 heterocycles. The molecule has 0 aliphatic heterocycles. The minimum absolute atomic E-state index is 0.362. The molecule has 0 bridgehead atoms. The second-order valence-corrected chi connectivity index (χ2v) is 14.0. The molecule has 34 heavy (non-hydrogen) atoms. The van der Waals surface area contributed by atoms with Crippen LogP contribution >= 0.6 is 30.4 Å². The molecule has 2 N–H and O–H groups in total. The van der Waals surface area contributed by atoms with Crippen LogP contribution in [-0.2, 0) is 4.18 Å². The van der Waals surface area contributed by atoms with Crippen molar-refractivity contribution in [3.63, 3.8) is 0 Å². The maximum atomic E-state index is 11.0. The normalized spacial score (nSPS) is 43.4. The smallest absolute Gasteiger partial charge is 0.0814 e. The quantitative estimate of drug-likeness (QED) is 0.248. The zero-order valence-electron chi connectivity index (χ0n) is 20.9. The van der Waals surface area contributed by atoms with E-state index >= 15 is 0 Å². The van der Waals surface area contributed by atoms with Gasteiger partial charge >= 0.3 is 0 Å². The standard InChI is InChI=1S/C29H43IO3S/c1-28-14-12-23(33-34-30)17-21(28)8-10-24-25-11-9-20(29(25,2)15-13-26(24)28)16-22(31)18-27(32)19-6-4-3-5-7-19/h3-7,20-27,31-32H,8-18H2,1-2H3. The fourth-order valence-electron chi connectivity index (χ4n) is 9.35. The van der Waals surface area contributed by atoms with Crippen LogP contribution in [0.2, 0.25) is 0 Å². The van der Waals surface area contributed by atoms with Crippen LogP contribution in [-0.4, -0.2) is 22.4 Å². The van der Waals surface area contributed by atoms with Crippen molar-refractivity contribution >= 4 is 30.4 Å². The summed E-state index contributed by atoms with van der Waals surface area (Å²) < 4.78 is 5.97. The van der Waals surface area contributed by atoms with Gasteiger partial charge in [0.05, 0.1) is 27.5 Å². The lowest BCUT2D eigenvalue weighted by Crippen LogP contribution is -2.54. The number of rotatable bonds is 7.